The highest BCUT2D eigenvalue weighted by atomic mass is 35.5. The van der Waals surface area contributed by atoms with E-state index in [0.29, 0.717) is 12.0 Å². The molecular formula is C15H14ClF3N4O2S. The first kappa shape index (κ1) is 17.7. The van der Waals surface area contributed by atoms with Crippen LogP contribution in [0.25, 0.3) is 0 Å². The van der Waals surface area contributed by atoms with Crippen LogP contribution in [0.1, 0.15) is 36.1 Å². The monoisotopic (exact) mass is 406 g/mol. The minimum absolute atomic E-state index is 0.139. The predicted molar refractivity (Wildman–Crippen MR) is 86.2 cm³/mol. The van der Waals surface area contributed by atoms with Gasteiger partial charge in [0.2, 0.25) is 10.0 Å². The topological polar surface area (TPSA) is 68.1 Å². The quantitative estimate of drug-likeness (QED) is 0.782. The Morgan fingerprint density at radius 1 is 1.19 bits per heavy atom. The number of hydrogen-bond acceptors (Lipinski definition) is 4. The molecule has 4 rings (SSSR count). The van der Waals surface area contributed by atoms with E-state index < -0.39 is 31.7 Å². The second-order valence-corrected chi connectivity index (χ2v) is 8.86. The van der Waals surface area contributed by atoms with Gasteiger partial charge < -0.3 is 0 Å². The molecule has 0 spiro atoms. The first-order valence-electron chi connectivity index (χ1n) is 7.95. The van der Waals surface area contributed by atoms with Gasteiger partial charge in [-0.1, -0.05) is 16.8 Å². The largest absolute Gasteiger partial charge is 0.417 e. The predicted octanol–water partition coefficient (Wildman–Crippen LogP) is 3.07. The fourth-order valence-corrected chi connectivity index (χ4v) is 4.61. The molecule has 0 N–H and O–H groups in total. The highest BCUT2D eigenvalue weighted by Crippen LogP contribution is 2.40. The van der Waals surface area contributed by atoms with Crippen LogP contribution in [-0.4, -0.2) is 40.8 Å². The van der Waals surface area contributed by atoms with E-state index in [-0.39, 0.29) is 19.1 Å². The molecule has 140 valence electrons. The molecule has 2 heterocycles. The maximum Gasteiger partial charge on any atom is 0.417 e. The number of sulfonamides is 1. The fraction of sp³-hybridized carbons (Fsp3) is 0.467. The highest BCUT2D eigenvalue weighted by molar-refractivity contribution is 7.89. The van der Waals surface area contributed by atoms with Gasteiger partial charge in [-0.15, -0.1) is 5.10 Å². The van der Waals surface area contributed by atoms with Crippen LogP contribution in [0, 0.1) is 0 Å². The van der Waals surface area contributed by atoms with Crippen molar-refractivity contribution in [2.75, 3.05) is 13.1 Å². The normalized spacial score (nSPS) is 19.5. The van der Waals surface area contributed by atoms with Gasteiger partial charge in [0.05, 0.1) is 27.2 Å². The Morgan fingerprint density at radius 2 is 1.88 bits per heavy atom. The summed E-state index contributed by atoms with van der Waals surface area (Å²) in [7, 11) is -4.03. The molecule has 0 atom stereocenters. The Labute approximate surface area is 152 Å². The molecule has 1 saturated carbocycles. The SMILES string of the molecule is O=S(=O)(c1ccc(Cl)c(C(F)(F)F)c1)N1CC(n2cc(C3CC3)nn2)C1. The van der Waals surface area contributed by atoms with Crippen molar-refractivity contribution in [3.63, 3.8) is 0 Å². The molecule has 0 bridgehead atoms. The summed E-state index contributed by atoms with van der Waals surface area (Å²) in [5.74, 6) is 0.443. The molecule has 0 radical (unpaired) electrons. The van der Waals surface area contributed by atoms with E-state index in [1.807, 2.05) is 6.20 Å². The first-order valence-corrected chi connectivity index (χ1v) is 9.76. The van der Waals surface area contributed by atoms with Gasteiger partial charge in [-0.05, 0) is 31.0 Å². The second-order valence-electron chi connectivity index (χ2n) is 6.51. The first-order chi connectivity index (χ1) is 12.2. The van der Waals surface area contributed by atoms with Crippen LogP contribution in [0.15, 0.2) is 29.3 Å². The van der Waals surface area contributed by atoms with Crippen LogP contribution < -0.4 is 0 Å². The molecular weight excluding hydrogens is 393 g/mol. The second kappa shape index (κ2) is 5.93. The Kier molecular flexibility index (Phi) is 4.05. The zero-order chi connectivity index (χ0) is 18.7. The summed E-state index contributed by atoms with van der Waals surface area (Å²) in [5.41, 5.74) is -0.263. The summed E-state index contributed by atoms with van der Waals surface area (Å²) in [5, 5.41) is 7.57. The number of alkyl halides is 3. The number of aromatic nitrogens is 3. The molecule has 1 aromatic carbocycles. The van der Waals surface area contributed by atoms with Gasteiger partial charge in [-0.3, -0.25) is 0 Å². The van der Waals surface area contributed by atoms with E-state index in [1.165, 1.54) is 0 Å². The van der Waals surface area contributed by atoms with Crippen molar-refractivity contribution in [3.05, 3.63) is 40.7 Å². The molecule has 1 saturated heterocycles. The van der Waals surface area contributed by atoms with Gasteiger partial charge in [-0.2, -0.15) is 17.5 Å². The smallest absolute Gasteiger partial charge is 0.247 e. The van der Waals surface area contributed by atoms with Gasteiger partial charge in [0.25, 0.3) is 0 Å². The Hall–Kier alpha value is -1.65. The summed E-state index contributed by atoms with van der Waals surface area (Å²) in [4.78, 5) is -0.426. The van der Waals surface area contributed by atoms with Crippen molar-refractivity contribution in [3.8, 4) is 0 Å². The molecule has 26 heavy (non-hydrogen) atoms. The van der Waals surface area contributed by atoms with Gasteiger partial charge >= 0.3 is 6.18 Å². The standard InChI is InChI=1S/C15H14ClF3N4O2S/c16-13-4-3-11(5-12(13)15(17,18)19)26(24,25)22-6-10(7-22)23-8-14(20-21-23)9-1-2-9/h3-5,8-10H,1-2,6-7H2. The highest BCUT2D eigenvalue weighted by Gasteiger charge is 2.41. The molecule has 1 aliphatic heterocycles. The van der Waals surface area contributed by atoms with E-state index in [2.05, 4.69) is 10.3 Å². The van der Waals surface area contributed by atoms with Crippen molar-refractivity contribution in [1.29, 1.82) is 0 Å². The lowest BCUT2D eigenvalue weighted by Gasteiger charge is -2.37. The van der Waals surface area contributed by atoms with Crippen LogP contribution in [0.2, 0.25) is 5.02 Å². The summed E-state index contributed by atoms with van der Waals surface area (Å²) in [6, 6.07) is 2.44. The number of nitrogens with zero attached hydrogens (tertiary/aromatic N) is 4. The van der Waals surface area contributed by atoms with Crippen LogP contribution in [0.5, 0.6) is 0 Å². The van der Waals surface area contributed by atoms with E-state index in [4.69, 9.17) is 11.6 Å². The van der Waals surface area contributed by atoms with Crippen molar-refractivity contribution in [2.45, 2.75) is 35.9 Å². The fourth-order valence-electron chi connectivity index (χ4n) is 2.85. The Bertz CT molecular complexity index is 950. The van der Waals surface area contributed by atoms with Gasteiger partial charge in [0.15, 0.2) is 0 Å². The summed E-state index contributed by atoms with van der Waals surface area (Å²) < 4.78 is 66.8. The lowest BCUT2D eigenvalue weighted by atomic mass is 10.2. The summed E-state index contributed by atoms with van der Waals surface area (Å²) in [6.07, 6.45) is -0.736. The van der Waals surface area contributed by atoms with Crippen molar-refractivity contribution in [1.82, 2.24) is 19.3 Å². The molecule has 2 aromatic rings. The average molecular weight is 407 g/mol. The van der Waals surface area contributed by atoms with E-state index in [9.17, 15) is 21.6 Å². The van der Waals surface area contributed by atoms with Crippen LogP contribution in [0.4, 0.5) is 13.2 Å². The zero-order valence-corrected chi connectivity index (χ0v) is 14.9. The van der Waals surface area contributed by atoms with E-state index >= 15 is 0 Å². The third-order valence-electron chi connectivity index (χ3n) is 4.61. The number of rotatable bonds is 4. The van der Waals surface area contributed by atoms with Crippen LogP contribution >= 0.6 is 11.6 Å². The van der Waals surface area contributed by atoms with Gasteiger partial charge in [0, 0.05) is 25.2 Å². The minimum atomic E-state index is -4.72. The molecule has 11 heteroatoms. The summed E-state index contributed by atoms with van der Waals surface area (Å²) in [6.45, 7) is 0.277. The lowest BCUT2D eigenvalue weighted by molar-refractivity contribution is -0.137. The Morgan fingerprint density at radius 3 is 2.50 bits per heavy atom. The molecule has 0 unspecified atom stereocenters. The molecule has 1 aromatic heterocycles. The number of halogens is 4. The van der Waals surface area contributed by atoms with E-state index in [0.717, 1.165) is 35.0 Å². The minimum Gasteiger partial charge on any atom is -0.247 e. The van der Waals surface area contributed by atoms with Gasteiger partial charge in [-0.25, -0.2) is 13.1 Å². The zero-order valence-electron chi connectivity index (χ0n) is 13.3. The van der Waals surface area contributed by atoms with Crippen LogP contribution in [0.3, 0.4) is 0 Å². The average Bonchev–Trinajstić information content (AvgIpc) is 3.24. The Balaban J connectivity index is 1.51. The third kappa shape index (κ3) is 3.10. The van der Waals surface area contributed by atoms with Gasteiger partial charge in [0.1, 0.15) is 0 Å². The third-order valence-corrected chi connectivity index (χ3v) is 6.76. The van der Waals surface area contributed by atoms with Crippen molar-refractivity contribution >= 4 is 21.6 Å². The molecule has 0 amide bonds. The van der Waals surface area contributed by atoms with Crippen molar-refractivity contribution < 1.29 is 21.6 Å². The van der Waals surface area contributed by atoms with Crippen molar-refractivity contribution in [2.24, 2.45) is 0 Å². The molecule has 1 aliphatic carbocycles. The maximum atomic E-state index is 13.0. The van der Waals surface area contributed by atoms with E-state index in [1.54, 1.807) is 4.68 Å². The lowest BCUT2D eigenvalue weighted by Crippen LogP contribution is -2.50. The number of benzene rings is 1. The molecule has 2 fully saturated rings. The summed E-state index contributed by atoms with van der Waals surface area (Å²) >= 11 is 5.55. The van der Waals surface area contributed by atoms with Crippen LogP contribution in [-0.2, 0) is 16.2 Å². The molecule has 2 aliphatic rings. The number of hydrogen-bond donors (Lipinski definition) is 0. The molecule has 6 nitrogen and oxygen atoms in total. The maximum absolute atomic E-state index is 13.0.